The van der Waals surface area contributed by atoms with E-state index in [-0.39, 0.29) is 15.6 Å². The fourth-order valence-corrected chi connectivity index (χ4v) is 2.92. The van der Waals surface area contributed by atoms with Gasteiger partial charge in [-0.05, 0) is 25.0 Å². The van der Waals surface area contributed by atoms with Crippen LogP contribution in [-0.4, -0.2) is 16.6 Å². The molecule has 1 aromatic carbocycles. The van der Waals surface area contributed by atoms with Crippen molar-refractivity contribution in [2.24, 2.45) is 0 Å². The summed E-state index contributed by atoms with van der Waals surface area (Å²) >= 11 is 11.9. The number of aryl methyl sites for hydroxylation is 2. The van der Waals surface area contributed by atoms with Crippen molar-refractivity contribution >= 4 is 51.2 Å². The van der Waals surface area contributed by atoms with E-state index in [0.717, 1.165) is 28.1 Å². The number of halogens is 2. The van der Waals surface area contributed by atoms with Crippen LogP contribution < -0.4 is 0 Å². The van der Waals surface area contributed by atoms with Crippen molar-refractivity contribution in [3.05, 3.63) is 51.2 Å². The maximum absolute atomic E-state index is 12.3. The van der Waals surface area contributed by atoms with Gasteiger partial charge in [0.2, 0.25) is 5.78 Å². The molecular weight excluding hydrogens is 309 g/mol. The van der Waals surface area contributed by atoms with Gasteiger partial charge < -0.3 is 4.98 Å². The molecule has 0 atom stereocenters. The number of H-pyrrole nitrogens is 1. The minimum atomic E-state index is -0.450. The highest BCUT2D eigenvalue weighted by Gasteiger charge is 2.29. The molecule has 0 bridgehead atoms. The third-order valence-electron chi connectivity index (χ3n) is 3.79. The number of rotatable bonds is 1. The van der Waals surface area contributed by atoms with Crippen molar-refractivity contribution in [2.75, 3.05) is 0 Å². The Morgan fingerprint density at radius 3 is 2.52 bits per heavy atom. The van der Waals surface area contributed by atoms with Crippen molar-refractivity contribution in [1.29, 1.82) is 0 Å². The van der Waals surface area contributed by atoms with Crippen molar-refractivity contribution in [2.45, 2.75) is 13.8 Å². The third kappa shape index (κ3) is 2.04. The molecule has 1 aliphatic carbocycles. The van der Waals surface area contributed by atoms with Gasteiger partial charge >= 0.3 is 0 Å². The van der Waals surface area contributed by atoms with Crippen LogP contribution in [0.2, 0.25) is 0 Å². The van der Waals surface area contributed by atoms with Crippen LogP contribution in [-0.2, 0) is 9.59 Å². The van der Waals surface area contributed by atoms with Crippen molar-refractivity contribution in [3.63, 3.8) is 0 Å². The van der Waals surface area contributed by atoms with E-state index < -0.39 is 11.6 Å². The lowest BCUT2D eigenvalue weighted by atomic mass is 9.94. The van der Waals surface area contributed by atoms with Crippen LogP contribution in [0.3, 0.4) is 0 Å². The summed E-state index contributed by atoms with van der Waals surface area (Å²) in [6.07, 6.45) is 2.75. The fraction of sp³-hybridized carbons (Fsp3) is 0.125. The van der Waals surface area contributed by atoms with Crippen molar-refractivity contribution in [3.8, 4) is 0 Å². The van der Waals surface area contributed by atoms with Gasteiger partial charge in [0, 0.05) is 28.7 Å². The van der Waals surface area contributed by atoms with Gasteiger partial charge in [-0.25, -0.2) is 0 Å². The van der Waals surface area contributed by atoms with Gasteiger partial charge in [-0.15, -0.1) is 0 Å². The van der Waals surface area contributed by atoms with E-state index in [1.54, 1.807) is 6.20 Å². The Morgan fingerprint density at radius 1 is 1.10 bits per heavy atom. The number of ketones is 2. The number of nitrogens with one attached hydrogen (secondary N) is 1. The predicted molar refractivity (Wildman–Crippen MR) is 84.5 cm³/mol. The molecule has 21 heavy (non-hydrogen) atoms. The van der Waals surface area contributed by atoms with Gasteiger partial charge in [-0.2, -0.15) is 0 Å². The van der Waals surface area contributed by atoms with Crippen LogP contribution in [0.25, 0.3) is 16.5 Å². The molecule has 1 N–H and O–H groups in total. The first-order valence-electron chi connectivity index (χ1n) is 6.35. The molecule has 1 heterocycles. The first-order chi connectivity index (χ1) is 9.91. The van der Waals surface area contributed by atoms with Gasteiger partial charge in [0.25, 0.3) is 0 Å². The van der Waals surface area contributed by atoms with E-state index in [2.05, 4.69) is 4.98 Å². The van der Waals surface area contributed by atoms with Gasteiger partial charge in [-0.1, -0.05) is 35.3 Å². The van der Waals surface area contributed by atoms with Crippen LogP contribution in [0.1, 0.15) is 16.7 Å². The van der Waals surface area contributed by atoms with Crippen LogP contribution in [0, 0.1) is 13.8 Å². The SMILES string of the molecule is Cc1ccc2c(C3=C(Cl)C(=O)C=C(Cl)C3=O)c[nH]c2c1C. The van der Waals surface area contributed by atoms with E-state index in [0.29, 0.717) is 5.56 Å². The summed E-state index contributed by atoms with van der Waals surface area (Å²) < 4.78 is 0. The summed E-state index contributed by atoms with van der Waals surface area (Å²) in [7, 11) is 0. The first-order valence-corrected chi connectivity index (χ1v) is 7.11. The largest absolute Gasteiger partial charge is 0.360 e. The molecular formula is C16H11Cl2NO2. The number of allylic oxidation sites excluding steroid dienone is 4. The smallest absolute Gasteiger partial charge is 0.206 e. The second-order valence-electron chi connectivity index (χ2n) is 5.01. The molecule has 0 saturated heterocycles. The van der Waals surface area contributed by atoms with E-state index in [1.807, 2.05) is 26.0 Å². The fourth-order valence-electron chi connectivity index (χ4n) is 2.48. The number of Topliss-reactive ketones (excluding diaryl/α,β-unsaturated/α-hetero) is 1. The summed E-state index contributed by atoms with van der Waals surface area (Å²) in [6, 6.07) is 3.88. The molecule has 0 fully saturated rings. The zero-order valence-corrected chi connectivity index (χ0v) is 12.9. The zero-order chi connectivity index (χ0) is 15.3. The molecule has 2 aromatic rings. The molecule has 3 nitrogen and oxygen atoms in total. The summed E-state index contributed by atoms with van der Waals surface area (Å²) in [6.45, 7) is 4.01. The predicted octanol–water partition coefficient (Wildman–Crippen LogP) is 4.01. The normalized spacial score (nSPS) is 15.9. The summed E-state index contributed by atoms with van der Waals surface area (Å²) in [5, 5.41) is 0.639. The highest BCUT2D eigenvalue weighted by Crippen LogP contribution is 2.36. The van der Waals surface area contributed by atoms with Gasteiger partial charge in [0.05, 0.1) is 15.6 Å². The number of hydrogen-bond donors (Lipinski definition) is 1. The average molecular weight is 320 g/mol. The average Bonchev–Trinajstić information content (AvgIpc) is 2.86. The van der Waals surface area contributed by atoms with Crippen molar-refractivity contribution in [1.82, 2.24) is 4.98 Å². The summed E-state index contributed by atoms with van der Waals surface area (Å²) in [5.74, 6) is -0.880. The second kappa shape index (κ2) is 4.86. The Morgan fingerprint density at radius 2 is 1.81 bits per heavy atom. The molecule has 0 aliphatic heterocycles. The number of aromatic nitrogens is 1. The first kappa shape index (κ1) is 14.1. The van der Waals surface area contributed by atoms with E-state index in [4.69, 9.17) is 23.2 Å². The van der Waals surface area contributed by atoms with Gasteiger partial charge in [0.15, 0.2) is 5.78 Å². The maximum atomic E-state index is 12.3. The highest BCUT2D eigenvalue weighted by molar-refractivity contribution is 6.62. The number of aromatic amines is 1. The summed E-state index contributed by atoms with van der Waals surface area (Å²) in [5.41, 5.74) is 3.91. The monoisotopic (exact) mass is 319 g/mol. The number of fused-ring (bicyclic) bond motifs is 1. The van der Waals surface area contributed by atoms with E-state index >= 15 is 0 Å². The van der Waals surface area contributed by atoms with Gasteiger partial charge in [-0.3, -0.25) is 9.59 Å². The molecule has 106 valence electrons. The Labute approximate surface area is 131 Å². The summed E-state index contributed by atoms with van der Waals surface area (Å²) in [4.78, 5) is 27.2. The Hall–Kier alpha value is -1.84. The van der Waals surface area contributed by atoms with E-state index in [9.17, 15) is 9.59 Å². The minimum absolute atomic E-state index is 0.0940. The van der Waals surface area contributed by atoms with Crippen molar-refractivity contribution < 1.29 is 9.59 Å². The second-order valence-corrected chi connectivity index (χ2v) is 5.79. The molecule has 0 radical (unpaired) electrons. The number of carbonyl (C=O) groups is 2. The molecule has 1 aliphatic rings. The Kier molecular flexibility index (Phi) is 3.27. The zero-order valence-electron chi connectivity index (χ0n) is 11.4. The number of hydrogen-bond acceptors (Lipinski definition) is 2. The lowest BCUT2D eigenvalue weighted by Crippen LogP contribution is -2.13. The molecule has 0 unspecified atom stereocenters. The molecule has 0 amide bonds. The molecule has 0 saturated carbocycles. The Bertz CT molecular complexity index is 872. The molecule has 5 heteroatoms. The lowest BCUT2D eigenvalue weighted by Gasteiger charge is -2.12. The number of carbonyl (C=O) groups excluding carboxylic acids is 2. The van der Waals surface area contributed by atoms with Crippen LogP contribution in [0.5, 0.6) is 0 Å². The topological polar surface area (TPSA) is 49.9 Å². The van der Waals surface area contributed by atoms with Crippen LogP contribution in [0.4, 0.5) is 0 Å². The maximum Gasteiger partial charge on any atom is 0.206 e. The molecule has 1 aromatic heterocycles. The van der Waals surface area contributed by atoms with Crippen LogP contribution >= 0.6 is 23.2 Å². The van der Waals surface area contributed by atoms with Crippen LogP contribution in [0.15, 0.2) is 34.5 Å². The standard InChI is InChI=1S/C16H11Cl2NO2/c1-7-3-4-9-10(6-19-15(9)8(7)2)13-14(18)12(20)5-11(17)16(13)21/h3-6,19H,1-2H3. The Balaban J connectivity index is 2.31. The number of benzene rings is 1. The third-order valence-corrected chi connectivity index (χ3v) is 4.45. The van der Waals surface area contributed by atoms with E-state index in [1.165, 1.54) is 0 Å². The molecule has 0 spiro atoms. The highest BCUT2D eigenvalue weighted by atomic mass is 35.5. The van der Waals surface area contributed by atoms with Gasteiger partial charge in [0.1, 0.15) is 0 Å². The molecule has 3 rings (SSSR count). The quantitative estimate of drug-likeness (QED) is 0.807. The lowest BCUT2D eigenvalue weighted by molar-refractivity contribution is -0.113. The minimum Gasteiger partial charge on any atom is -0.360 e.